The van der Waals surface area contributed by atoms with Crippen LogP contribution in [-0.2, 0) is 4.79 Å². The van der Waals surface area contributed by atoms with Crippen LogP contribution in [0.25, 0.3) is 11.1 Å². The number of nitrogens with one attached hydrogen (secondary N) is 1. The Balaban J connectivity index is 2.28. The minimum absolute atomic E-state index is 0.0215. The van der Waals surface area contributed by atoms with Crippen molar-refractivity contribution in [3.8, 4) is 11.1 Å². The van der Waals surface area contributed by atoms with Crippen LogP contribution in [0, 0.1) is 6.92 Å². The molecule has 2 rings (SSSR count). The van der Waals surface area contributed by atoms with Gasteiger partial charge in [0.1, 0.15) is 0 Å². The zero-order valence-corrected chi connectivity index (χ0v) is 10.4. The van der Waals surface area contributed by atoms with Gasteiger partial charge in [-0.15, -0.1) is 0 Å². The van der Waals surface area contributed by atoms with Crippen molar-refractivity contribution in [3.63, 3.8) is 0 Å². The summed E-state index contributed by atoms with van der Waals surface area (Å²) in [5, 5.41) is 10.6. The molecule has 1 heterocycles. The summed E-state index contributed by atoms with van der Waals surface area (Å²) in [4.78, 5) is 10.4. The van der Waals surface area contributed by atoms with Crippen LogP contribution in [0.3, 0.4) is 0 Å². The van der Waals surface area contributed by atoms with Crippen LogP contribution in [0.15, 0.2) is 36.5 Å². The molecule has 1 N–H and O–H groups in total. The summed E-state index contributed by atoms with van der Waals surface area (Å²) in [6.45, 7) is 3.88. The number of hydrogen-bond acceptors (Lipinski definition) is 3. The minimum atomic E-state index is 0.0215. The Morgan fingerprint density at radius 1 is 1.22 bits per heavy atom. The van der Waals surface area contributed by atoms with Crippen LogP contribution in [-0.4, -0.2) is 16.6 Å². The Morgan fingerprint density at radius 3 is 2.56 bits per heavy atom. The second-order valence-electron chi connectivity index (χ2n) is 4.16. The van der Waals surface area contributed by atoms with Gasteiger partial charge in [0.25, 0.3) is 0 Å². The summed E-state index contributed by atoms with van der Waals surface area (Å²) in [5.74, 6) is 0. The third kappa shape index (κ3) is 2.53. The molecule has 4 heteroatoms. The number of rotatable bonds is 4. The van der Waals surface area contributed by atoms with Gasteiger partial charge >= 0.3 is 0 Å². The average Bonchev–Trinajstić information content (AvgIpc) is 2.40. The highest BCUT2D eigenvalue weighted by Gasteiger charge is 2.06. The van der Waals surface area contributed by atoms with Crippen molar-refractivity contribution in [2.75, 3.05) is 0 Å². The number of benzene rings is 1. The SMILES string of the molecule is Cc1nnccc1-c1ccc(C(C)NC=O)cc1. The quantitative estimate of drug-likeness (QED) is 0.835. The fourth-order valence-corrected chi connectivity index (χ4v) is 1.86. The normalized spacial score (nSPS) is 11.9. The van der Waals surface area contributed by atoms with Crippen molar-refractivity contribution in [3.05, 3.63) is 47.8 Å². The van der Waals surface area contributed by atoms with E-state index in [-0.39, 0.29) is 6.04 Å². The molecule has 1 unspecified atom stereocenters. The van der Waals surface area contributed by atoms with Gasteiger partial charge in [0.15, 0.2) is 0 Å². The first-order chi connectivity index (χ1) is 8.72. The van der Waals surface area contributed by atoms with E-state index in [1.54, 1.807) is 6.20 Å². The molecule has 0 aliphatic heterocycles. The molecule has 1 aromatic carbocycles. The summed E-state index contributed by atoms with van der Waals surface area (Å²) in [6, 6.07) is 10.1. The van der Waals surface area contributed by atoms with E-state index < -0.39 is 0 Å². The molecule has 0 spiro atoms. The fourth-order valence-electron chi connectivity index (χ4n) is 1.86. The molecule has 0 aliphatic rings. The molecule has 1 aromatic heterocycles. The van der Waals surface area contributed by atoms with Gasteiger partial charge < -0.3 is 5.32 Å². The Hall–Kier alpha value is -2.23. The number of aryl methyl sites for hydroxylation is 1. The lowest BCUT2D eigenvalue weighted by molar-refractivity contribution is -0.110. The lowest BCUT2D eigenvalue weighted by Crippen LogP contribution is -2.15. The van der Waals surface area contributed by atoms with E-state index >= 15 is 0 Å². The first kappa shape index (κ1) is 12.2. The van der Waals surface area contributed by atoms with Gasteiger partial charge in [-0.3, -0.25) is 4.79 Å². The Bertz CT molecular complexity index is 537. The molecule has 1 amide bonds. The second kappa shape index (κ2) is 5.40. The van der Waals surface area contributed by atoms with Gasteiger partial charge in [-0.1, -0.05) is 24.3 Å². The molecular formula is C14H15N3O. The summed E-state index contributed by atoms with van der Waals surface area (Å²) >= 11 is 0. The van der Waals surface area contributed by atoms with Crippen molar-refractivity contribution >= 4 is 6.41 Å². The summed E-state index contributed by atoms with van der Waals surface area (Å²) < 4.78 is 0. The predicted molar refractivity (Wildman–Crippen MR) is 69.8 cm³/mol. The highest BCUT2D eigenvalue weighted by atomic mass is 16.1. The van der Waals surface area contributed by atoms with Gasteiger partial charge in [0.05, 0.1) is 17.9 Å². The molecular weight excluding hydrogens is 226 g/mol. The summed E-state index contributed by atoms with van der Waals surface area (Å²) in [6.07, 6.45) is 2.41. The lowest BCUT2D eigenvalue weighted by Gasteiger charge is -2.11. The van der Waals surface area contributed by atoms with E-state index in [9.17, 15) is 4.79 Å². The van der Waals surface area contributed by atoms with E-state index in [4.69, 9.17) is 0 Å². The maximum atomic E-state index is 10.4. The third-order valence-corrected chi connectivity index (χ3v) is 2.95. The number of carbonyl (C=O) groups excluding carboxylic acids is 1. The fraction of sp³-hybridized carbons (Fsp3) is 0.214. The number of amides is 1. The van der Waals surface area contributed by atoms with Crippen LogP contribution in [0.2, 0.25) is 0 Å². The molecule has 0 saturated heterocycles. The Kier molecular flexibility index (Phi) is 3.67. The van der Waals surface area contributed by atoms with Gasteiger partial charge in [0.2, 0.25) is 6.41 Å². The first-order valence-electron chi connectivity index (χ1n) is 5.80. The van der Waals surface area contributed by atoms with Crippen molar-refractivity contribution in [1.82, 2.24) is 15.5 Å². The molecule has 18 heavy (non-hydrogen) atoms. The van der Waals surface area contributed by atoms with Crippen LogP contribution in [0.4, 0.5) is 0 Å². The van der Waals surface area contributed by atoms with E-state index in [1.807, 2.05) is 44.2 Å². The monoisotopic (exact) mass is 241 g/mol. The zero-order chi connectivity index (χ0) is 13.0. The highest BCUT2D eigenvalue weighted by molar-refractivity contribution is 5.65. The molecule has 0 saturated carbocycles. The highest BCUT2D eigenvalue weighted by Crippen LogP contribution is 2.23. The average molecular weight is 241 g/mol. The molecule has 4 nitrogen and oxygen atoms in total. The topological polar surface area (TPSA) is 54.9 Å². The van der Waals surface area contributed by atoms with Crippen molar-refractivity contribution in [2.24, 2.45) is 0 Å². The molecule has 2 aromatic rings. The molecule has 0 fully saturated rings. The zero-order valence-electron chi connectivity index (χ0n) is 10.4. The third-order valence-electron chi connectivity index (χ3n) is 2.95. The van der Waals surface area contributed by atoms with E-state index in [0.29, 0.717) is 0 Å². The Labute approximate surface area is 106 Å². The van der Waals surface area contributed by atoms with Gasteiger partial charge in [-0.05, 0) is 31.0 Å². The van der Waals surface area contributed by atoms with Crippen molar-refractivity contribution in [1.29, 1.82) is 0 Å². The van der Waals surface area contributed by atoms with Gasteiger partial charge in [0, 0.05) is 5.56 Å². The molecule has 1 atom stereocenters. The molecule has 0 radical (unpaired) electrons. The molecule has 0 aliphatic carbocycles. The summed E-state index contributed by atoms with van der Waals surface area (Å²) in [7, 11) is 0. The number of hydrogen-bond donors (Lipinski definition) is 1. The van der Waals surface area contributed by atoms with Gasteiger partial charge in [-0.25, -0.2) is 0 Å². The van der Waals surface area contributed by atoms with E-state index in [1.165, 1.54) is 0 Å². The summed E-state index contributed by atoms with van der Waals surface area (Å²) in [5.41, 5.74) is 4.16. The number of nitrogens with zero attached hydrogens (tertiary/aromatic N) is 2. The second-order valence-corrected chi connectivity index (χ2v) is 4.16. The lowest BCUT2D eigenvalue weighted by atomic mass is 10.0. The van der Waals surface area contributed by atoms with E-state index in [2.05, 4.69) is 15.5 Å². The largest absolute Gasteiger partial charge is 0.352 e. The molecule has 92 valence electrons. The van der Waals surface area contributed by atoms with Crippen LogP contribution >= 0.6 is 0 Å². The minimum Gasteiger partial charge on any atom is -0.352 e. The van der Waals surface area contributed by atoms with E-state index in [0.717, 1.165) is 28.8 Å². The maximum absolute atomic E-state index is 10.4. The van der Waals surface area contributed by atoms with Crippen molar-refractivity contribution in [2.45, 2.75) is 19.9 Å². The smallest absolute Gasteiger partial charge is 0.207 e. The first-order valence-corrected chi connectivity index (χ1v) is 5.80. The maximum Gasteiger partial charge on any atom is 0.207 e. The predicted octanol–water partition coefficient (Wildman–Crippen LogP) is 2.26. The molecule has 0 bridgehead atoms. The number of aromatic nitrogens is 2. The number of carbonyl (C=O) groups is 1. The Morgan fingerprint density at radius 2 is 1.94 bits per heavy atom. The van der Waals surface area contributed by atoms with Gasteiger partial charge in [-0.2, -0.15) is 10.2 Å². The van der Waals surface area contributed by atoms with Crippen LogP contribution in [0.1, 0.15) is 24.2 Å². The van der Waals surface area contributed by atoms with Crippen LogP contribution < -0.4 is 5.32 Å². The van der Waals surface area contributed by atoms with Crippen LogP contribution in [0.5, 0.6) is 0 Å². The van der Waals surface area contributed by atoms with Crippen molar-refractivity contribution < 1.29 is 4.79 Å². The standard InChI is InChI=1S/C14H15N3O/c1-10(15-9-18)12-3-5-13(6-4-12)14-7-8-16-17-11(14)2/h3-10H,1-2H3,(H,15,18).